The predicted molar refractivity (Wildman–Crippen MR) is 85.4 cm³/mol. The quantitative estimate of drug-likeness (QED) is 0.808. The first-order valence-corrected chi connectivity index (χ1v) is 7.79. The van der Waals surface area contributed by atoms with Gasteiger partial charge in [-0.25, -0.2) is 9.37 Å². The highest BCUT2D eigenvalue weighted by atomic mass is 19.1. The summed E-state index contributed by atoms with van der Waals surface area (Å²) in [6, 6.07) is 12.7. The van der Waals surface area contributed by atoms with Crippen LogP contribution in [-0.4, -0.2) is 32.0 Å². The van der Waals surface area contributed by atoms with Crippen LogP contribution < -0.4 is 0 Å². The van der Waals surface area contributed by atoms with Gasteiger partial charge >= 0.3 is 0 Å². The van der Waals surface area contributed by atoms with Crippen LogP contribution in [0.1, 0.15) is 23.7 Å². The molecule has 4 rings (SSSR count). The van der Waals surface area contributed by atoms with Crippen LogP contribution in [0.3, 0.4) is 0 Å². The molecule has 1 aliphatic rings. The number of imidazole rings is 1. The summed E-state index contributed by atoms with van der Waals surface area (Å²) in [5.41, 5.74) is 2.93. The molecule has 1 aromatic carbocycles. The normalized spacial score (nSPS) is 22.0. The molecule has 0 saturated carbocycles. The average molecular weight is 311 g/mol. The molecule has 5 heteroatoms. The lowest BCUT2D eigenvalue weighted by molar-refractivity contribution is 0.172. The van der Waals surface area contributed by atoms with Crippen molar-refractivity contribution in [3.63, 3.8) is 0 Å². The molecule has 0 aliphatic carbocycles. The average Bonchev–Trinajstić information content (AvgIpc) is 3.14. The second kappa shape index (κ2) is 5.76. The van der Waals surface area contributed by atoms with Gasteiger partial charge in [0.1, 0.15) is 11.5 Å². The summed E-state index contributed by atoms with van der Waals surface area (Å²) in [4.78, 5) is 6.51. The van der Waals surface area contributed by atoms with E-state index in [-0.39, 0.29) is 18.0 Å². The van der Waals surface area contributed by atoms with Crippen molar-refractivity contribution < 1.29 is 9.50 Å². The van der Waals surface area contributed by atoms with Gasteiger partial charge in [-0.15, -0.1) is 0 Å². The van der Waals surface area contributed by atoms with Gasteiger partial charge in [0.2, 0.25) is 0 Å². The number of aliphatic hydroxyl groups excluding tert-OH is 1. The van der Waals surface area contributed by atoms with Gasteiger partial charge in [-0.05, 0) is 36.2 Å². The number of pyridine rings is 1. The molecule has 2 atom stereocenters. The molecule has 3 aromatic rings. The standard InChI is InChI=1S/C18H18FN3O/c19-14-4-1-3-13(9-14)17-10-16(23)12-21(17)11-15-5-2-6-18-20-7-8-22(15)18/h1-9,16-17,23H,10-12H2. The van der Waals surface area contributed by atoms with Crippen LogP contribution >= 0.6 is 0 Å². The Hall–Kier alpha value is -2.24. The molecular weight excluding hydrogens is 293 g/mol. The fourth-order valence-electron chi connectivity index (χ4n) is 3.46. The Morgan fingerprint density at radius 2 is 2.09 bits per heavy atom. The Kier molecular flexibility index (Phi) is 3.59. The monoisotopic (exact) mass is 311 g/mol. The van der Waals surface area contributed by atoms with Gasteiger partial charge < -0.3 is 9.51 Å². The maximum absolute atomic E-state index is 13.5. The van der Waals surface area contributed by atoms with Crippen molar-refractivity contribution in [2.45, 2.75) is 25.1 Å². The minimum atomic E-state index is -0.384. The zero-order valence-corrected chi connectivity index (χ0v) is 12.6. The van der Waals surface area contributed by atoms with Gasteiger partial charge in [0.25, 0.3) is 0 Å². The molecule has 118 valence electrons. The maximum Gasteiger partial charge on any atom is 0.136 e. The lowest BCUT2D eigenvalue weighted by atomic mass is 10.0. The van der Waals surface area contributed by atoms with Crippen molar-refractivity contribution in [2.24, 2.45) is 0 Å². The van der Waals surface area contributed by atoms with Gasteiger partial charge in [-0.1, -0.05) is 18.2 Å². The first-order chi connectivity index (χ1) is 11.2. The van der Waals surface area contributed by atoms with E-state index in [1.165, 1.54) is 6.07 Å². The minimum absolute atomic E-state index is 0.0273. The summed E-state index contributed by atoms with van der Waals surface area (Å²) in [5.74, 6) is -0.236. The highest BCUT2D eigenvalue weighted by Crippen LogP contribution is 2.33. The highest BCUT2D eigenvalue weighted by molar-refractivity contribution is 5.39. The third-order valence-corrected chi connectivity index (χ3v) is 4.49. The summed E-state index contributed by atoms with van der Waals surface area (Å²) < 4.78 is 15.6. The Labute approximate surface area is 133 Å². The number of hydrogen-bond donors (Lipinski definition) is 1. The molecule has 1 N–H and O–H groups in total. The third kappa shape index (κ3) is 2.73. The molecule has 1 fully saturated rings. The zero-order chi connectivity index (χ0) is 15.8. The van der Waals surface area contributed by atoms with E-state index in [4.69, 9.17) is 0 Å². The largest absolute Gasteiger partial charge is 0.392 e. The summed E-state index contributed by atoms with van der Waals surface area (Å²) in [5, 5.41) is 10.1. The van der Waals surface area contributed by atoms with Crippen LogP contribution in [0.5, 0.6) is 0 Å². The van der Waals surface area contributed by atoms with Gasteiger partial charge in [0, 0.05) is 37.2 Å². The fourth-order valence-corrected chi connectivity index (χ4v) is 3.46. The van der Waals surface area contributed by atoms with Crippen LogP contribution in [0.15, 0.2) is 54.9 Å². The molecule has 3 heterocycles. The van der Waals surface area contributed by atoms with Crippen molar-refractivity contribution in [3.05, 3.63) is 71.9 Å². The first kappa shape index (κ1) is 14.4. The van der Waals surface area contributed by atoms with Crippen LogP contribution in [-0.2, 0) is 6.54 Å². The molecule has 4 nitrogen and oxygen atoms in total. The van der Waals surface area contributed by atoms with Crippen LogP contribution in [0.25, 0.3) is 5.65 Å². The number of β-amino-alcohol motifs (C(OH)–C–C–N with tert-alkyl or cyclic N) is 1. The Morgan fingerprint density at radius 1 is 1.22 bits per heavy atom. The summed E-state index contributed by atoms with van der Waals surface area (Å²) >= 11 is 0. The molecule has 2 unspecified atom stereocenters. The summed E-state index contributed by atoms with van der Waals surface area (Å²) in [6.07, 6.45) is 3.96. The highest BCUT2D eigenvalue weighted by Gasteiger charge is 2.32. The zero-order valence-electron chi connectivity index (χ0n) is 12.6. The van der Waals surface area contributed by atoms with Gasteiger partial charge in [-0.2, -0.15) is 0 Å². The molecule has 2 aromatic heterocycles. The Balaban J connectivity index is 1.65. The minimum Gasteiger partial charge on any atom is -0.392 e. The molecule has 0 amide bonds. The molecule has 0 bridgehead atoms. The molecule has 23 heavy (non-hydrogen) atoms. The summed E-state index contributed by atoms with van der Waals surface area (Å²) in [7, 11) is 0. The Bertz CT molecular complexity index is 832. The number of benzene rings is 1. The van der Waals surface area contributed by atoms with Gasteiger partial charge in [-0.3, -0.25) is 4.90 Å². The predicted octanol–water partition coefficient (Wildman–Crippen LogP) is 2.78. The number of aromatic nitrogens is 2. The molecule has 1 aliphatic heterocycles. The lowest BCUT2D eigenvalue weighted by Crippen LogP contribution is -2.25. The number of rotatable bonds is 3. The molecule has 0 radical (unpaired) electrons. The fraction of sp³-hybridized carbons (Fsp3) is 0.278. The van der Waals surface area contributed by atoms with Crippen LogP contribution in [0, 0.1) is 5.82 Å². The first-order valence-electron chi connectivity index (χ1n) is 7.79. The van der Waals surface area contributed by atoms with E-state index in [0.717, 1.165) is 16.9 Å². The number of likely N-dealkylation sites (tertiary alicyclic amines) is 1. The van der Waals surface area contributed by atoms with E-state index in [1.54, 1.807) is 18.3 Å². The second-order valence-electron chi connectivity index (χ2n) is 6.06. The van der Waals surface area contributed by atoms with E-state index < -0.39 is 0 Å². The van der Waals surface area contributed by atoms with Crippen molar-refractivity contribution in [2.75, 3.05) is 6.54 Å². The van der Waals surface area contributed by atoms with E-state index >= 15 is 0 Å². The van der Waals surface area contributed by atoms with E-state index in [2.05, 4.69) is 16.0 Å². The number of aliphatic hydroxyl groups is 1. The van der Waals surface area contributed by atoms with Gasteiger partial charge in [0.05, 0.1) is 6.10 Å². The van der Waals surface area contributed by atoms with E-state index in [9.17, 15) is 9.50 Å². The second-order valence-corrected chi connectivity index (χ2v) is 6.06. The van der Waals surface area contributed by atoms with Crippen LogP contribution in [0.4, 0.5) is 4.39 Å². The number of halogens is 1. The van der Waals surface area contributed by atoms with Crippen molar-refractivity contribution in [1.29, 1.82) is 0 Å². The van der Waals surface area contributed by atoms with Crippen molar-refractivity contribution >= 4 is 5.65 Å². The number of fused-ring (bicyclic) bond motifs is 1. The number of hydrogen-bond acceptors (Lipinski definition) is 3. The Morgan fingerprint density at radius 3 is 2.96 bits per heavy atom. The molecule has 1 saturated heterocycles. The SMILES string of the molecule is OC1CC(c2cccc(F)c2)N(Cc2cccc3nccn23)C1. The lowest BCUT2D eigenvalue weighted by Gasteiger charge is -2.25. The third-order valence-electron chi connectivity index (χ3n) is 4.49. The topological polar surface area (TPSA) is 40.8 Å². The maximum atomic E-state index is 13.5. The molecular formula is C18H18FN3O. The van der Waals surface area contributed by atoms with Gasteiger partial charge in [0.15, 0.2) is 0 Å². The molecule has 0 spiro atoms. The smallest absolute Gasteiger partial charge is 0.136 e. The van der Waals surface area contributed by atoms with Crippen molar-refractivity contribution in [3.8, 4) is 0 Å². The number of nitrogens with zero attached hydrogens (tertiary/aromatic N) is 3. The van der Waals surface area contributed by atoms with Crippen molar-refractivity contribution in [1.82, 2.24) is 14.3 Å². The summed E-state index contributed by atoms with van der Waals surface area (Å²) in [6.45, 7) is 1.28. The van der Waals surface area contributed by atoms with E-state index in [0.29, 0.717) is 19.5 Å². The van der Waals surface area contributed by atoms with Crippen LogP contribution in [0.2, 0.25) is 0 Å². The van der Waals surface area contributed by atoms with E-state index in [1.807, 2.05) is 28.8 Å².